The van der Waals surface area contributed by atoms with Crippen LogP contribution in [0.1, 0.15) is 44.2 Å². The van der Waals surface area contributed by atoms with E-state index in [1.54, 1.807) is 20.8 Å². The first-order valence-corrected chi connectivity index (χ1v) is 11.3. The molecule has 0 aromatic heterocycles. The summed E-state index contributed by atoms with van der Waals surface area (Å²) in [5.74, 6) is -1.86. The van der Waals surface area contributed by atoms with Crippen LogP contribution in [0.3, 0.4) is 0 Å². The molecule has 8 nitrogen and oxygen atoms in total. The van der Waals surface area contributed by atoms with Crippen LogP contribution in [-0.2, 0) is 19.1 Å². The van der Waals surface area contributed by atoms with Crippen molar-refractivity contribution in [2.75, 3.05) is 20.3 Å². The van der Waals surface area contributed by atoms with E-state index in [2.05, 4.69) is 10.6 Å². The third-order valence-corrected chi connectivity index (χ3v) is 5.96. The van der Waals surface area contributed by atoms with Gasteiger partial charge in [-0.2, -0.15) is 0 Å². The summed E-state index contributed by atoms with van der Waals surface area (Å²) in [4.78, 5) is 37.1. The monoisotopic (exact) mass is 468 g/mol. The van der Waals surface area contributed by atoms with Gasteiger partial charge in [-0.15, -0.1) is 0 Å². The van der Waals surface area contributed by atoms with Crippen molar-refractivity contribution in [1.29, 1.82) is 0 Å². The molecule has 0 heterocycles. The number of amides is 2. The van der Waals surface area contributed by atoms with Gasteiger partial charge in [-0.25, -0.2) is 9.59 Å². The van der Waals surface area contributed by atoms with Gasteiger partial charge in [0.15, 0.2) is 0 Å². The van der Waals surface area contributed by atoms with Gasteiger partial charge in [0.2, 0.25) is 5.91 Å². The molecule has 182 valence electrons. The number of rotatable bonds is 9. The molecule has 3 rings (SSSR count). The lowest BCUT2D eigenvalue weighted by molar-refractivity contribution is -0.145. The number of carboxylic acids is 1. The van der Waals surface area contributed by atoms with Crippen molar-refractivity contribution >= 4 is 18.0 Å². The van der Waals surface area contributed by atoms with E-state index in [-0.39, 0.29) is 25.6 Å². The van der Waals surface area contributed by atoms with Crippen LogP contribution >= 0.6 is 0 Å². The second-order valence-electron chi connectivity index (χ2n) is 9.45. The molecule has 8 heteroatoms. The molecule has 34 heavy (non-hydrogen) atoms. The Morgan fingerprint density at radius 3 is 2.03 bits per heavy atom. The molecule has 2 aromatic rings. The first-order valence-electron chi connectivity index (χ1n) is 11.3. The molecule has 3 N–H and O–H groups in total. The van der Waals surface area contributed by atoms with Crippen LogP contribution in [0.15, 0.2) is 48.5 Å². The van der Waals surface area contributed by atoms with Gasteiger partial charge in [0.05, 0.1) is 0 Å². The average molecular weight is 469 g/mol. The zero-order valence-electron chi connectivity index (χ0n) is 20.0. The van der Waals surface area contributed by atoms with Gasteiger partial charge in [0, 0.05) is 26.1 Å². The van der Waals surface area contributed by atoms with Crippen LogP contribution in [0.4, 0.5) is 4.79 Å². The molecular weight excluding hydrogens is 436 g/mol. The summed E-state index contributed by atoms with van der Waals surface area (Å²) >= 11 is 0. The molecule has 1 unspecified atom stereocenters. The Morgan fingerprint density at radius 1 is 0.971 bits per heavy atom. The fourth-order valence-corrected chi connectivity index (χ4v) is 4.18. The molecular formula is C26H32N2O6. The van der Waals surface area contributed by atoms with Gasteiger partial charge in [0.1, 0.15) is 18.7 Å². The Balaban J connectivity index is 1.67. The third-order valence-electron chi connectivity index (χ3n) is 5.96. The number of nitrogens with one attached hydrogen (secondary N) is 2. The summed E-state index contributed by atoms with van der Waals surface area (Å²) in [5.41, 5.74) is 3.69. The van der Waals surface area contributed by atoms with Crippen LogP contribution in [-0.4, -0.2) is 55.5 Å². The Labute approximate surface area is 199 Å². The average Bonchev–Trinajstić information content (AvgIpc) is 3.11. The lowest BCUT2D eigenvalue weighted by Crippen LogP contribution is -2.55. The first-order chi connectivity index (χ1) is 16.1. The summed E-state index contributed by atoms with van der Waals surface area (Å²) in [6.07, 6.45) is -0.580. The van der Waals surface area contributed by atoms with Gasteiger partial charge >= 0.3 is 12.1 Å². The van der Waals surface area contributed by atoms with Crippen molar-refractivity contribution in [2.24, 2.45) is 5.41 Å². The SMILES string of the molecule is COCCC(NC(=O)OCC1c2ccccc2-c2ccccc21)C(=O)N[C@@H](C(=O)O)C(C)(C)C. The summed E-state index contributed by atoms with van der Waals surface area (Å²) < 4.78 is 10.6. The number of methoxy groups -OCH3 is 1. The zero-order valence-corrected chi connectivity index (χ0v) is 20.0. The number of carbonyl (C=O) groups excluding carboxylic acids is 2. The number of carbonyl (C=O) groups is 3. The maximum absolute atomic E-state index is 12.8. The predicted molar refractivity (Wildman–Crippen MR) is 128 cm³/mol. The molecule has 2 amide bonds. The molecule has 0 fully saturated rings. The Hall–Kier alpha value is -3.39. The molecule has 0 saturated carbocycles. The fraction of sp³-hybridized carbons (Fsp3) is 0.423. The lowest BCUT2D eigenvalue weighted by Gasteiger charge is -2.29. The first kappa shape index (κ1) is 25.2. The van der Waals surface area contributed by atoms with E-state index < -0.39 is 35.5 Å². The summed E-state index contributed by atoms with van der Waals surface area (Å²) in [6.45, 7) is 5.47. The molecule has 0 radical (unpaired) electrons. The van der Waals surface area contributed by atoms with E-state index in [0.717, 1.165) is 22.3 Å². The highest BCUT2D eigenvalue weighted by atomic mass is 16.5. The highest BCUT2D eigenvalue weighted by Gasteiger charge is 2.35. The number of hydrogen-bond acceptors (Lipinski definition) is 5. The van der Waals surface area contributed by atoms with Crippen LogP contribution < -0.4 is 10.6 Å². The van der Waals surface area contributed by atoms with E-state index in [1.807, 2.05) is 48.5 Å². The number of carboxylic acid groups (broad SMARTS) is 1. The highest BCUT2D eigenvalue weighted by molar-refractivity contribution is 5.89. The van der Waals surface area contributed by atoms with Crippen molar-refractivity contribution in [1.82, 2.24) is 10.6 Å². The normalized spacial score (nSPS) is 14.5. The number of alkyl carbamates (subject to hydrolysis) is 1. The largest absolute Gasteiger partial charge is 0.480 e. The van der Waals surface area contributed by atoms with Crippen LogP contribution in [0.25, 0.3) is 11.1 Å². The number of hydrogen-bond donors (Lipinski definition) is 3. The van der Waals surface area contributed by atoms with E-state index in [9.17, 15) is 19.5 Å². The van der Waals surface area contributed by atoms with Crippen molar-refractivity contribution in [3.05, 3.63) is 59.7 Å². The van der Waals surface area contributed by atoms with Gasteiger partial charge in [-0.05, 0) is 27.7 Å². The lowest BCUT2D eigenvalue weighted by atomic mass is 9.86. The van der Waals surface area contributed by atoms with Gasteiger partial charge in [-0.1, -0.05) is 69.3 Å². The fourth-order valence-electron chi connectivity index (χ4n) is 4.18. The second kappa shape index (κ2) is 10.7. The van der Waals surface area contributed by atoms with Gasteiger partial charge < -0.3 is 25.2 Å². The highest BCUT2D eigenvalue weighted by Crippen LogP contribution is 2.44. The van der Waals surface area contributed by atoms with E-state index in [4.69, 9.17) is 9.47 Å². The predicted octanol–water partition coefficient (Wildman–Crippen LogP) is 3.55. The van der Waals surface area contributed by atoms with E-state index in [0.29, 0.717) is 0 Å². The zero-order chi connectivity index (χ0) is 24.9. The Morgan fingerprint density at radius 2 is 1.53 bits per heavy atom. The Bertz CT molecular complexity index is 1000. The molecule has 0 aliphatic heterocycles. The molecule has 1 aliphatic rings. The number of aliphatic carboxylic acids is 1. The minimum Gasteiger partial charge on any atom is -0.480 e. The third kappa shape index (κ3) is 5.75. The van der Waals surface area contributed by atoms with Crippen molar-refractivity contribution in [3.63, 3.8) is 0 Å². The molecule has 1 aliphatic carbocycles. The van der Waals surface area contributed by atoms with Crippen molar-refractivity contribution < 1.29 is 29.0 Å². The second-order valence-corrected chi connectivity index (χ2v) is 9.45. The minimum atomic E-state index is -1.15. The molecule has 0 saturated heterocycles. The standard InChI is InChI=1S/C26H32N2O6/c1-26(2,3)22(24(30)31)28-23(29)21(13-14-33-4)27-25(32)34-15-20-18-11-7-5-9-16(18)17-10-6-8-12-19(17)20/h5-12,20-22H,13-15H2,1-4H3,(H,27,32)(H,28,29)(H,30,31)/t21?,22-/m0/s1. The molecule has 2 aromatic carbocycles. The summed E-state index contributed by atoms with van der Waals surface area (Å²) in [5, 5.41) is 14.6. The molecule has 0 bridgehead atoms. The smallest absolute Gasteiger partial charge is 0.407 e. The quantitative estimate of drug-likeness (QED) is 0.519. The van der Waals surface area contributed by atoms with Crippen molar-refractivity contribution in [2.45, 2.75) is 45.2 Å². The maximum atomic E-state index is 12.8. The molecule has 2 atom stereocenters. The topological polar surface area (TPSA) is 114 Å². The number of fused-ring (bicyclic) bond motifs is 3. The van der Waals surface area contributed by atoms with Crippen LogP contribution in [0.2, 0.25) is 0 Å². The van der Waals surface area contributed by atoms with E-state index >= 15 is 0 Å². The van der Waals surface area contributed by atoms with Gasteiger partial charge in [-0.3, -0.25) is 4.79 Å². The summed E-state index contributed by atoms with van der Waals surface area (Å²) in [7, 11) is 1.48. The van der Waals surface area contributed by atoms with Crippen LogP contribution in [0, 0.1) is 5.41 Å². The van der Waals surface area contributed by atoms with Crippen molar-refractivity contribution in [3.8, 4) is 11.1 Å². The van der Waals surface area contributed by atoms with E-state index in [1.165, 1.54) is 7.11 Å². The van der Waals surface area contributed by atoms with Crippen LogP contribution in [0.5, 0.6) is 0 Å². The number of ether oxygens (including phenoxy) is 2. The van der Waals surface area contributed by atoms with Gasteiger partial charge in [0.25, 0.3) is 0 Å². The molecule has 0 spiro atoms. The number of benzene rings is 2. The maximum Gasteiger partial charge on any atom is 0.407 e. The summed E-state index contributed by atoms with van der Waals surface area (Å²) in [6, 6.07) is 13.9. The Kier molecular flexibility index (Phi) is 7.94. The minimum absolute atomic E-state index is 0.109.